The van der Waals surface area contributed by atoms with Gasteiger partial charge in [-0.15, -0.1) is 0 Å². The highest BCUT2D eigenvalue weighted by molar-refractivity contribution is 6.53. The van der Waals surface area contributed by atoms with Gasteiger partial charge in [-0.1, -0.05) is 60.7 Å². The third-order valence-electron chi connectivity index (χ3n) is 2.96. The van der Waals surface area contributed by atoms with Gasteiger partial charge in [0.15, 0.2) is 0 Å². The summed E-state index contributed by atoms with van der Waals surface area (Å²) in [6.07, 6.45) is 0. The largest absolute Gasteiger partial charge is 0.281 e. The molecule has 0 fully saturated rings. The molecule has 0 saturated heterocycles. The van der Waals surface area contributed by atoms with Crippen LogP contribution in [0.1, 0.15) is 11.1 Å². The van der Waals surface area contributed by atoms with Gasteiger partial charge >= 0.3 is 0 Å². The van der Waals surface area contributed by atoms with Crippen molar-refractivity contribution in [2.75, 3.05) is 13.1 Å². The monoisotopic (exact) mass is 234 g/mol. The first-order valence-electron chi connectivity index (χ1n) is 6.15. The smallest absolute Gasteiger partial charge is 0.0905 e. The molecular formula is C16H14N2. The molecular weight excluding hydrogens is 220 g/mol. The Morgan fingerprint density at radius 3 is 1.33 bits per heavy atom. The van der Waals surface area contributed by atoms with Crippen molar-refractivity contribution in [2.45, 2.75) is 0 Å². The van der Waals surface area contributed by atoms with Gasteiger partial charge in [0.25, 0.3) is 0 Å². The summed E-state index contributed by atoms with van der Waals surface area (Å²) < 4.78 is 0. The van der Waals surface area contributed by atoms with Crippen molar-refractivity contribution in [1.29, 1.82) is 0 Å². The van der Waals surface area contributed by atoms with E-state index in [1.54, 1.807) is 0 Å². The lowest BCUT2D eigenvalue weighted by Gasteiger charge is -2.14. The van der Waals surface area contributed by atoms with Gasteiger partial charge in [0.2, 0.25) is 0 Å². The predicted octanol–water partition coefficient (Wildman–Crippen LogP) is 2.98. The maximum absolute atomic E-state index is 4.64. The Morgan fingerprint density at radius 1 is 0.556 bits per heavy atom. The van der Waals surface area contributed by atoms with Crippen molar-refractivity contribution in [2.24, 2.45) is 9.98 Å². The van der Waals surface area contributed by atoms with Crippen molar-refractivity contribution < 1.29 is 0 Å². The van der Waals surface area contributed by atoms with Crippen molar-refractivity contribution in [3.05, 3.63) is 71.8 Å². The van der Waals surface area contributed by atoms with Crippen LogP contribution >= 0.6 is 0 Å². The zero-order valence-electron chi connectivity index (χ0n) is 10.1. The van der Waals surface area contributed by atoms with Crippen LogP contribution in [0, 0.1) is 0 Å². The summed E-state index contributed by atoms with van der Waals surface area (Å²) in [6.45, 7) is 1.56. The maximum atomic E-state index is 4.64. The van der Waals surface area contributed by atoms with Gasteiger partial charge in [0, 0.05) is 11.1 Å². The van der Waals surface area contributed by atoms with E-state index >= 15 is 0 Å². The van der Waals surface area contributed by atoms with E-state index in [-0.39, 0.29) is 0 Å². The van der Waals surface area contributed by atoms with Crippen LogP contribution in [0.2, 0.25) is 0 Å². The van der Waals surface area contributed by atoms with E-state index in [0.717, 1.165) is 35.6 Å². The molecule has 3 rings (SSSR count). The van der Waals surface area contributed by atoms with Crippen molar-refractivity contribution in [1.82, 2.24) is 0 Å². The van der Waals surface area contributed by atoms with E-state index in [2.05, 4.69) is 34.3 Å². The van der Waals surface area contributed by atoms with Crippen LogP contribution in [-0.2, 0) is 0 Å². The van der Waals surface area contributed by atoms with Gasteiger partial charge in [-0.05, 0) is 0 Å². The molecule has 0 N–H and O–H groups in total. The lowest BCUT2D eigenvalue weighted by Crippen LogP contribution is -2.22. The Kier molecular flexibility index (Phi) is 3.01. The summed E-state index contributed by atoms with van der Waals surface area (Å²) in [5.41, 5.74) is 4.29. The van der Waals surface area contributed by atoms with Gasteiger partial charge < -0.3 is 0 Å². The number of nitrogens with zero attached hydrogens (tertiary/aromatic N) is 2. The fourth-order valence-corrected chi connectivity index (χ4v) is 2.12. The Balaban J connectivity index is 2.04. The minimum absolute atomic E-state index is 0.778. The first kappa shape index (κ1) is 10.9. The molecule has 0 amide bonds. The molecule has 0 spiro atoms. The predicted molar refractivity (Wildman–Crippen MR) is 75.7 cm³/mol. The van der Waals surface area contributed by atoms with Crippen LogP contribution in [0.3, 0.4) is 0 Å². The number of benzene rings is 2. The first-order chi connectivity index (χ1) is 8.95. The van der Waals surface area contributed by atoms with E-state index in [0.29, 0.717) is 0 Å². The van der Waals surface area contributed by atoms with E-state index in [1.165, 1.54) is 0 Å². The number of hydrogen-bond donors (Lipinski definition) is 0. The molecule has 0 bridgehead atoms. The van der Waals surface area contributed by atoms with Gasteiger partial charge in [0.1, 0.15) is 0 Å². The quantitative estimate of drug-likeness (QED) is 0.763. The average molecular weight is 234 g/mol. The lowest BCUT2D eigenvalue weighted by atomic mass is 9.99. The number of rotatable bonds is 2. The summed E-state index contributed by atoms with van der Waals surface area (Å²) in [4.78, 5) is 9.29. The zero-order valence-corrected chi connectivity index (χ0v) is 10.1. The van der Waals surface area contributed by atoms with E-state index in [4.69, 9.17) is 0 Å². The van der Waals surface area contributed by atoms with E-state index in [1.807, 2.05) is 36.4 Å². The molecule has 2 heteroatoms. The van der Waals surface area contributed by atoms with E-state index < -0.39 is 0 Å². The van der Waals surface area contributed by atoms with Gasteiger partial charge in [-0.2, -0.15) is 0 Å². The van der Waals surface area contributed by atoms with Crippen LogP contribution in [0.25, 0.3) is 0 Å². The highest BCUT2D eigenvalue weighted by atomic mass is 14.9. The summed E-state index contributed by atoms with van der Waals surface area (Å²) >= 11 is 0. The molecule has 0 radical (unpaired) electrons. The first-order valence-corrected chi connectivity index (χ1v) is 6.15. The SMILES string of the molecule is c1ccc(C2=NCCN=C2c2ccccc2)cc1. The minimum atomic E-state index is 0.778. The molecule has 1 aliphatic heterocycles. The normalized spacial score (nSPS) is 14.9. The fourth-order valence-electron chi connectivity index (χ4n) is 2.12. The summed E-state index contributed by atoms with van der Waals surface area (Å²) in [5.74, 6) is 0. The Labute approximate surface area is 107 Å². The van der Waals surface area contributed by atoms with Gasteiger partial charge in [0.05, 0.1) is 24.5 Å². The van der Waals surface area contributed by atoms with Gasteiger partial charge in [-0.25, -0.2) is 0 Å². The topological polar surface area (TPSA) is 24.7 Å². The standard InChI is InChI=1S/C16H14N2/c1-3-7-13(8-4-1)15-16(18-12-11-17-15)14-9-5-2-6-10-14/h1-10H,11-12H2. The molecule has 0 atom stereocenters. The third kappa shape index (κ3) is 2.09. The second kappa shape index (κ2) is 4.96. The molecule has 2 nitrogen and oxygen atoms in total. The number of hydrogen-bond acceptors (Lipinski definition) is 2. The second-order valence-electron chi connectivity index (χ2n) is 4.19. The zero-order chi connectivity index (χ0) is 12.2. The maximum Gasteiger partial charge on any atom is 0.0905 e. The lowest BCUT2D eigenvalue weighted by molar-refractivity contribution is 0.964. The molecule has 18 heavy (non-hydrogen) atoms. The molecule has 0 unspecified atom stereocenters. The molecule has 0 aliphatic carbocycles. The molecule has 0 aromatic heterocycles. The van der Waals surface area contributed by atoms with E-state index in [9.17, 15) is 0 Å². The highest BCUT2D eigenvalue weighted by Crippen LogP contribution is 2.12. The van der Waals surface area contributed by atoms with Crippen molar-refractivity contribution in [3.8, 4) is 0 Å². The van der Waals surface area contributed by atoms with Crippen LogP contribution in [0.5, 0.6) is 0 Å². The Hall–Kier alpha value is -2.22. The third-order valence-corrected chi connectivity index (χ3v) is 2.96. The van der Waals surface area contributed by atoms with Crippen molar-refractivity contribution in [3.63, 3.8) is 0 Å². The Bertz CT molecular complexity index is 528. The highest BCUT2D eigenvalue weighted by Gasteiger charge is 2.15. The fraction of sp³-hybridized carbons (Fsp3) is 0.125. The summed E-state index contributed by atoms with van der Waals surface area (Å²) in [6, 6.07) is 20.5. The minimum Gasteiger partial charge on any atom is -0.281 e. The summed E-state index contributed by atoms with van der Waals surface area (Å²) in [7, 11) is 0. The molecule has 1 aliphatic rings. The van der Waals surface area contributed by atoms with Crippen LogP contribution in [0.4, 0.5) is 0 Å². The molecule has 0 saturated carbocycles. The molecule has 88 valence electrons. The van der Waals surface area contributed by atoms with Crippen LogP contribution in [0.15, 0.2) is 70.6 Å². The molecule has 2 aromatic rings. The number of aliphatic imine (C=N–C) groups is 2. The summed E-state index contributed by atoms with van der Waals surface area (Å²) in [5, 5.41) is 0. The van der Waals surface area contributed by atoms with Crippen molar-refractivity contribution >= 4 is 11.4 Å². The van der Waals surface area contributed by atoms with Crippen LogP contribution < -0.4 is 0 Å². The van der Waals surface area contributed by atoms with Crippen LogP contribution in [-0.4, -0.2) is 24.5 Å². The Morgan fingerprint density at radius 2 is 0.944 bits per heavy atom. The average Bonchev–Trinajstić information content (AvgIpc) is 2.49. The second-order valence-corrected chi connectivity index (χ2v) is 4.19. The molecule has 2 aromatic carbocycles. The molecule has 1 heterocycles. The van der Waals surface area contributed by atoms with Gasteiger partial charge in [-0.3, -0.25) is 9.98 Å².